The monoisotopic (exact) mass is 188 g/mol. The number of benzene rings is 1. The fourth-order valence-electron chi connectivity index (χ4n) is 1.37. The van der Waals surface area contributed by atoms with Gasteiger partial charge in [0.15, 0.2) is 0 Å². The van der Waals surface area contributed by atoms with E-state index in [-0.39, 0.29) is 6.04 Å². The zero-order valence-electron chi connectivity index (χ0n) is 7.76. The molecule has 3 nitrogen and oxygen atoms in total. The third-order valence-corrected chi connectivity index (χ3v) is 2.07. The second-order valence-corrected chi connectivity index (χ2v) is 3.17. The van der Waals surface area contributed by atoms with Gasteiger partial charge in [0.25, 0.3) is 0 Å². The maximum absolute atomic E-state index is 5.92. The van der Waals surface area contributed by atoms with Gasteiger partial charge in [0, 0.05) is 0 Å². The first kappa shape index (κ1) is 8.97. The maximum Gasteiger partial charge on any atom is 0.211 e. The zero-order chi connectivity index (χ0) is 9.80. The minimum atomic E-state index is -0.160. The van der Waals surface area contributed by atoms with E-state index in [0.717, 1.165) is 6.42 Å². The standard InChI is InChI=1S/C11H12N2O/c12-10(11-13-6-7-14-11)8-9-4-2-1-3-5-9/h1-7,10H,8,12H2/t10-/m0/s1. The van der Waals surface area contributed by atoms with Crippen LogP contribution in [0.1, 0.15) is 17.5 Å². The van der Waals surface area contributed by atoms with Crippen LogP contribution in [0.5, 0.6) is 0 Å². The van der Waals surface area contributed by atoms with Crippen molar-refractivity contribution >= 4 is 0 Å². The van der Waals surface area contributed by atoms with Gasteiger partial charge in [-0.1, -0.05) is 30.3 Å². The number of hydrogen-bond donors (Lipinski definition) is 1. The van der Waals surface area contributed by atoms with Crippen LogP contribution in [0.2, 0.25) is 0 Å². The van der Waals surface area contributed by atoms with Gasteiger partial charge in [-0.25, -0.2) is 4.98 Å². The largest absolute Gasteiger partial charge is 0.447 e. The Morgan fingerprint density at radius 2 is 2.07 bits per heavy atom. The number of oxazole rings is 1. The minimum Gasteiger partial charge on any atom is -0.447 e. The van der Waals surface area contributed by atoms with Crippen LogP contribution < -0.4 is 5.73 Å². The van der Waals surface area contributed by atoms with E-state index < -0.39 is 0 Å². The molecule has 0 unspecified atom stereocenters. The topological polar surface area (TPSA) is 52.0 Å². The van der Waals surface area contributed by atoms with Crippen LogP contribution in [-0.2, 0) is 6.42 Å². The predicted molar refractivity (Wildman–Crippen MR) is 53.6 cm³/mol. The maximum atomic E-state index is 5.92. The van der Waals surface area contributed by atoms with Crippen molar-refractivity contribution in [3.8, 4) is 0 Å². The molecule has 0 saturated heterocycles. The first-order valence-corrected chi connectivity index (χ1v) is 4.55. The van der Waals surface area contributed by atoms with E-state index in [1.54, 1.807) is 12.5 Å². The molecule has 0 aliphatic rings. The molecule has 0 bridgehead atoms. The predicted octanol–water partition coefficient (Wildman–Crippen LogP) is 1.92. The highest BCUT2D eigenvalue weighted by atomic mass is 16.3. The van der Waals surface area contributed by atoms with Crippen molar-refractivity contribution in [2.75, 3.05) is 0 Å². The second kappa shape index (κ2) is 4.07. The molecule has 0 aliphatic heterocycles. The first-order chi connectivity index (χ1) is 6.86. The first-order valence-electron chi connectivity index (χ1n) is 4.55. The second-order valence-electron chi connectivity index (χ2n) is 3.17. The van der Waals surface area contributed by atoms with Crippen molar-refractivity contribution in [3.63, 3.8) is 0 Å². The van der Waals surface area contributed by atoms with Crippen LogP contribution in [0.4, 0.5) is 0 Å². The van der Waals surface area contributed by atoms with Crippen LogP contribution >= 0.6 is 0 Å². The van der Waals surface area contributed by atoms with E-state index in [0.29, 0.717) is 5.89 Å². The minimum absolute atomic E-state index is 0.160. The Bertz CT molecular complexity index is 369. The van der Waals surface area contributed by atoms with Gasteiger partial charge in [-0.3, -0.25) is 0 Å². The summed E-state index contributed by atoms with van der Waals surface area (Å²) in [5.74, 6) is 0.592. The Kier molecular flexibility index (Phi) is 2.60. The fourth-order valence-corrected chi connectivity index (χ4v) is 1.37. The zero-order valence-corrected chi connectivity index (χ0v) is 7.76. The van der Waals surface area contributed by atoms with Crippen LogP contribution in [0.15, 0.2) is 47.2 Å². The summed E-state index contributed by atoms with van der Waals surface area (Å²) in [6.45, 7) is 0. The molecule has 2 aromatic rings. The Hall–Kier alpha value is -1.61. The molecule has 3 heteroatoms. The molecule has 72 valence electrons. The number of rotatable bonds is 3. The van der Waals surface area contributed by atoms with E-state index in [1.165, 1.54) is 5.56 Å². The third-order valence-electron chi connectivity index (χ3n) is 2.07. The van der Waals surface area contributed by atoms with Crippen molar-refractivity contribution in [1.29, 1.82) is 0 Å². The van der Waals surface area contributed by atoms with Crippen LogP contribution in [0.3, 0.4) is 0 Å². The lowest BCUT2D eigenvalue weighted by molar-refractivity contribution is 0.448. The SMILES string of the molecule is N[C@@H](Cc1ccccc1)c1ncco1. The number of nitrogens with zero attached hydrogens (tertiary/aromatic N) is 1. The number of hydrogen-bond acceptors (Lipinski definition) is 3. The van der Waals surface area contributed by atoms with E-state index in [1.807, 2.05) is 30.3 Å². The van der Waals surface area contributed by atoms with E-state index in [9.17, 15) is 0 Å². The Morgan fingerprint density at radius 1 is 1.29 bits per heavy atom. The van der Waals surface area contributed by atoms with Crippen molar-refractivity contribution in [2.45, 2.75) is 12.5 Å². The smallest absolute Gasteiger partial charge is 0.211 e. The molecule has 1 atom stereocenters. The van der Waals surface area contributed by atoms with Crippen LogP contribution in [-0.4, -0.2) is 4.98 Å². The van der Waals surface area contributed by atoms with Crippen molar-refractivity contribution in [3.05, 3.63) is 54.2 Å². The average molecular weight is 188 g/mol. The Morgan fingerprint density at radius 3 is 2.71 bits per heavy atom. The van der Waals surface area contributed by atoms with E-state index in [4.69, 9.17) is 10.2 Å². The molecule has 0 aliphatic carbocycles. The normalized spacial score (nSPS) is 12.6. The molecule has 0 radical (unpaired) electrons. The molecular weight excluding hydrogens is 176 g/mol. The molecule has 1 aromatic heterocycles. The van der Waals surface area contributed by atoms with E-state index >= 15 is 0 Å². The van der Waals surface area contributed by atoms with Gasteiger partial charge in [0.2, 0.25) is 5.89 Å². The highest BCUT2D eigenvalue weighted by Gasteiger charge is 2.10. The molecule has 0 amide bonds. The molecule has 0 spiro atoms. The number of nitrogens with two attached hydrogens (primary N) is 1. The summed E-state index contributed by atoms with van der Waals surface area (Å²) in [5.41, 5.74) is 7.11. The van der Waals surface area contributed by atoms with Gasteiger partial charge in [-0.05, 0) is 12.0 Å². The number of aromatic nitrogens is 1. The molecule has 0 fully saturated rings. The molecule has 1 heterocycles. The molecule has 14 heavy (non-hydrogen) atoms. The molecule has 0 saturated carbocycles. The van der Waals surface area contributed by atoms with Crippen molar-refractivity contribution in [1.82, 2.24) is 4.98 Å². The highest BCUT2D eigenvalue weighted by Crippen LogP contribution is 2.13. The highest BCUT2D eigenvalue weighted by molar-refractivity contribution is 5.16. The van der Waals surface area contributed by atoms with Gasteiger partial charge in [0.1, 0.15) is 6.26 Å². The molecular formula is C11H12N2O. The molecule has 2 N–H and O–H groups in total. The third kappa shape index (κ3) is 2.00. The summed E-state index contributed by atoms with van der Waals surface area (Å²) in [6, 6.07) is 9.91. The van der Waals surface area contributed by atoms with Crippen LogP contribution in [0.25, 0.3) is 0 Å². The quantitative estimate of drug-likeness (QED) is 0.800. The molecule has 2 rings (SSSR count). The Balaban J connectivity index is 2.06. The summed E-state index contributed by atoms with van der Waals surface area (Å²) in [4.78, 5) is 4.02. The van der Waals surface area contributed by atoms with Crippen molar-refractivity contribution < 1.29 is 4.42 Å². The van der Waals surface area contributed by atoms with Gasteiger partial charge in [0.05, 0.1) is 12.2 Å². The Labute approximate surface area is 82.6 Å². The van der Waals surface area contributed by atoms with Gasteiger partial charge in [-0.2, -0.15) is 0 Å². The summed E-state index contributed by atoms with van der Waals surface area (Å²) < 4.78 is 5.13. The lowest BCUT2D eigenvalue weighted by Gasteiger charge is -2.06. The van der Waals surface area contributed by atoms with Crippen LogP contribution in [0, 0.1) is 0 Å². The van der Waals surface area contributed by atoms with Gasteiger partial charge < -0.3 is 10.2 Å². The summed E-state index contributed by atoms with van der Waals surface area (Å²) in [7, 11) is 0. The lowest BCUT2D eigenvalue weighted by Crippen LogP contribution is -2.13. The fraction of sp³-hybridized carbons (Fsp3) is 0.182. The van der Waals surface area contributed by atoms with E-state index in [2.05, 4.69) is 4.98 Å². The van der Waals surface area contributed by atoms with Gasteiger partial charge >= 0.3 is 0 Å². The average Bonchev–Trinajstić information content (AvgIpc) is 2.72. The summed E-state index contributed by atoms with van der Waals surface area (Å²) in [6.07, 6.45) is 3.90. The lowest BCUT2D eigenvalue weighted by atomic mass is 10.1. The van der Waals surface area contributed by atoms with Crippen molar-refractivity contribution in [2.24, 2.45) is 5.73 Å². The summed E-state index contributed by atoms with van der Waals surface area (Å²) >= 11 is 0. The molecule has 1 aromatic carbocycles. The summed E-state index contributed by atoms with van der Waals surface area (Å²) in [5, 5.41) is 0. The van der Waals surface area contributed by atoms with Gasteiger partial charge in [-0.15, -0.1) is 0 Å².